The highest BCUT2D eigenvalue weighted by atomic mass is 35.5. The molecular formula is C9H5ClN4O. The first kappa shape index (κ1) is 8.43. The number of fused-ring (bicyclic) bond motifs is 3. The molecule has 0 aliphatic carbocycles. The Labute approximate surface area is 88.3 Å². The topological polar surface area (TPSA) is 63.0 Å². The summed E-state index contributed by atoms with van der Waals surface area (Å²) >= 11 is 5.86. The van der Waals surface area contributed by atoms with Gasteiger partial charge < -0.3 is 0 Å². The van der Waals surface area contributed by atoms with Crippen molar-refractivity contribution < 1.29 is 0 Å². The van der Waals surface area contributed by atoms with Gasteiger partial charge in [-0.1, -0.05) is 11.6 Å². The summed E-state index contributed by atoms with van der Waals surface area (Å²) < 4.78 is 1.44. The zero-order chi connectivity index (χ0) is 10.4. The second kappa shape index (κ2) is 2.80. The van der Waals surface area contributed by atoms with Crippen molar-refractivity contribution >= 4 is 28.3 Å². The van der Waals surface area contributed by atoms with Crippen molar-refractivity contribution in [1.82, 2.24) is 19.6 Å². The molecule has 15 heavy (non-hydrogen) atoms. The van der Waals surface area contributed by atoms with Gasteiger partial charge in [-0.15, -0.1) is 0 Å². The van der Waals surface area contributed by atoms with Crippen LogP contribution in [0.25, 0.3) is 16.7 Å². The van der Waals surface area contributed by atoms with E-state index in [0.717, 1.165) is 0 Å². The smallest absolute Gasteiger partial charge is 0.251 e. The molecule has 3 rings (SSSR count). The first-order valence-corrected chi connectivity index (χ1v) is 4.65. The molecule has 0 amide bonds. The molecule has 0 bridgehead atoms. The van der Waals surface area contributed by atoms with Crippen molar-refractivity contribution in [3.63, 3.8) is 0 Å². The molecule has 0 saturated carbocycles. The van der Waals surface area contributed by atoms with Gasteiger partial charge in [-0.05, 0) is 18.2 Å². The van der Waals surface area contributed by atoms with Gasteiger partial charge in [-0.25, -0.2) is 14.3 Å². The van der Waals surface area contributed by atoms with E-state index in [1.165, 1.54) is 10.6 Å². The molecule has 1 N–H and O–H groups in total. The van der Waals surface area contributed by atoms with Crippen molar-refractivity contribution in [2.24, 2.45) is 0 Å². The molecule has 0 aliphatic rings. The van der Waals surface area contributed by atoms with Gasteiger partial charge in [0.05, 0.1) is 17.2 Å². The van der Waals surface area contributed by atoms with Crippen LogP contribution >= 0.6 is 11.6 Å². The molecule has 0 unspecified atom stereocenters. The lowest BCUT2D eigenvalue weighted by molar-refractivity contribution is 1.04. The van der Waals surface area contributed by atoms with Crippen molar-refractivity contribution in [2.75, 3.05) is 0 Å². The number of H-pyrrole nitrogens is 1. The minimum absolute atomic E-state index is 0.292. The van der Waals surface area contributed by atoms with Gasteiger partial charge in [0.1, 0.15) is 0 Å². The number of aromatic amines is 1. The Kier molecular flexibility index (Phi) is 1.58. The quantitative estimate of drug-likeness (QED) is 0.620. The molecule has 0 radical (unpaired) electrons. The van der Waals surface area contributed by atoms with E-state index in [1.807, 2.05) is 0 Å². The van der Waals surface area contributed by atoms with Gasteiger partial charge in [0, 0.05) is 5.02 Å². The van der Waals surface area contributed by atoms with Crippen molar-refractivity contribution in [3.05, 3.63) is 39.9 Å². The maximum atomic E-state index is 11.5. The van der Waals surface area contributed by atoms with Crippen molar-refractivity contribution in [3.8, 4) is 0 Å². The maximum absolute atomic E-state index is 11.5. The van der Waals surface area contributed by atoms with Crippen LogP contribution in [0.4, 0.5) is 0 Å². The van der Waals surface area contributed by atoms with Crippen LogP contribution in [0.1, 0.15) is 0 Å². The molecule has 3 aromatic rings. The molecule has 2 aromatic heterocycles. The number of nitrogens with one attached hydrogen (secondary N) is 1. The highest BCUT2D eigenvalue weighted by Gasteiger charge is 2.05. The van der Waals surface area contributed by atoms with Gasteiger partial charge in [0.2, 0.25) is 0 Å². The molecule has 6 heteroatoms. The molecule has 1 aromatic carbocycles. The van der Waals surface area contributed by atoms with Gasteiger partial charge in [0.25, 0.3) is 0 Å². The SMILES string of the molecule is O=c1[nH]nc2cnc3ccc(Cl)cc3n12. The predicted octanol–water partition coefficient (Wildman–Crippen LogP) is 1.22. The second-order valence-corrected chi connectivity index (χ2v) is 3.55. The standard InChI is InChI=1S/C9H5ClN4O/c10-5-1-2-6-7(3-5)14-8(4-11-6)12-13-9(14)15/h1-4H,(H,13,15). The van der Waals surface area contributed by atoms with Crippen LogP contribution in [0, 0.1) is 0 Å². The van der Waals surface area contributed by atoms with E-state index in [1.54, 1.807) is 18.2 Å². The summed E-state index contributed by atoms with van der Waals surface area (Å²) in [5.41, 5.74) is 1.54. The normalized spacial score (nSPS) is 11.3. The molecule has 5 nitrogen and oxygen atoms in total. The van der Waals surface area contributed by atoms with E-state index in [-0.39, 0.29) is 5.69 Å². The third kappa shape index (κ3) is 1.13. The number of benzene rings is 1. The summed E-state index contributed by atoms with van der Waals surface area (Å²) in [5, 5.41) is 6.74. The van der Waals surface area contributed by atoms with Gasteiger partial charge >= 0.3 is 5.69 Å². The van der Waals surface area contributed by atoms with E-state index >= 15 is 0 Å². The lowest BCUT2D eigenvalue weighted by Crippen LogP contribution is -2.10. The number of aromatic nitrogens is 4. The number of rotatable bonds is 0. The van der Waals surface area contributed by atoms with E-state index in [9.17, 15) is 4.79 Å². The number of halogens is 1. The largest absolute Gasteiger partial charge is 0.348 e. The molecule has 0 fully saturated rings. The minimum atomic E-state index is -0.292. The Morgan fingerprint density at radius 2 is 2.27 bits per heavy atom. The number of hydrogen-bond donors (Lipinski definition) is 1. The van der Waals surface area contributed by atoms with Crippen LogP contribution in [0.15, 0.2) is 29.2 Å². The van der Waals surface area contributed by atoms with E-state index in [4.69, 9.17) is 11.6 Å². The number of nitrogens with zero attached hydrogens (tertiary/aromatic N) is 3. The van der Waals surface area contributed by atoms with Gasteiger partial charge in [-0.3, -0.25) is 4.98 Å². The highest BCUT2D eigenvalue weighted by Crippen LogP contribution is 2.16. The third-order valence-corrected chi connectivity index (χ3v) is 2.43. The Hall–Kier alpha value is -1.88. The molecule has 0 saturated heterocycles. The fraction of sp³-hybridized carbons (Fsp3) is 0. The molecule has 0 aliphatic heterocycles. The first-order valence-electron chi connectivity index (χ1n) is 4.27. The van der Waals surface area contributed by atoms with Crippen LogP contribution in [0.5, 0.6) is 0 Å². The lowest BCUT2D eigenvalue weighted by Gasteiger charge is -1.99. The Balaban J connectivity index is 2.67. The van der Waals surface area contributed by atoms with Crippen LogP contribution in [-0.4, -0.2) is 19.6 Å². The van der Waals surface area contributed by atoms with E-state index in [2.05, 4.69) is 15.2 Å². The van der Waals surface area contributed by atoms with Crippen LogP contribution in [0.2, 0.25) is 5.02 Å². The summed E-state index contributed by atoms with van der Waals surface area (Å²) in [5.74, 6) is 0. The molecule has 0 atom stereocenters. The summed E-state index contributed by atoms with van der Waals surface area (Å²) in [7, 11) is 0. The van der Waals surface area contributed by atoms with Crippen LogP contribution in [0.3, 0.4) is 0 Å². The van der Waals surface area contributed by atoms with Gasteiger partial charge in [0.15, 0.2) is 5.65 Å². The van der Waals surface area contributed by atoms with Crippen molar-refractivity contribution in [1.29, 1.82) is 0 Å². The predicted molar refractivity (Wildman–Crippen MR) is 56.1 cm³/mol. The first-order chi connectivity index (χ1) is 7.25. The summed E-state index contributed by atoms with van der Waals surface area (Å²) in [6.45, 7) is 0. The average molecular weight is 221 g/mol. The lowest BCUT2D eigenvalue weighted by atomic mass is 10.3. The molecular weight excluding hydrogens is 216 g/mol. The Morgan fingerprint density at radius 3 is 3.13 bits per heavy atom. The fourth-order valence-corrected chi connectivity index (χ4v) is 1.71. The zero-order valence-corrected chi connectivity index (χ0v) is 8.19. The average Bonchev–Trinajstić information content (AvgIpc) is 2.60. The fourth-order valence-electron chi connectivity index (χ4n) is 1.54. The molecule has 2 heterocycles. The Bertz CT molecular complexity index is 715. The number of hydrogen-bond acceptors (Lipinski definition) is 3. The Morgan fingerprint density at radius 1 is 1.40 bits per heavy atom. The van der Waals surface area contributed by atoms with Crippen molar-refractivity contribution in [2.45, 2.75) is 0 Å². The summed E-state index contributed by atoms with van der Waals surface area (Å²) in [6.07, 6.45) is 1.54. The van der Waals surface area contributed by atoms with E-state index in [0.29, 0.717) is 21.7 Å². The minimum Gasteiger partial charge on any atom is -0.251 e. The van der Waals surface area contributed by atoms with Crippen LogP contribution < -0.4 is 5.69 Å². The monoisotopic (exact) mass is 220 g/mol. The maximum Gasteiger partial charge on any atom is 0.348 e. The molecule has 74 valence electrons. The summed E-state index contributed by atoms with van der Waals surface area (Å²) in [4.78, 5) is 15.6. The van der Waals surface area contributed by atoms with Gasteiger partial charge in [-0.2, -0.15) is 5.10 Å². The van der Waals surface area contributed by atoms with E-state index < -0.39 is 0 Å². The highest BCUT2D eigenvalue weighted by molar-refractivity contribution is 6.31. The molecule has 0 spiro atoms. The van der Waals surface area contributed by atoms with Crippen LogP contribution in [-0.2, 0) is 0 Å². The summed E-state index contributed by atoms with van der Waals surface area (Å²) in [6, 6.07) is 5.18. The third-order valence-electron chi connectivity index (χ3n) is 2.20. The second-order valence-electron chi connectivity index (χ2n) is 3.11. The zero-order valence-electron chi connectivity index (χ0n) is 7.44.